The first kappa shape index (κ1) is 42.8. The van der Waals surface area contributed by atoms with Crippen LogP contribution in [0, 0.1) is 11.8 Å². The van der Waals surface area contributed by atoms with Gasteiger partial charge in [0.05, 0.1) is 49.7 Å². The highest BCUT2D eigenvalue weighted by atomic mass is 16.7. The summed E-state index contributed by atoms with van der Waals surface area (Å²) in [6.07, 6.45) is -31.1. The van der Waals surface area contributed by atoms with Crippen molar-refractivity contribution in [2.45, 2.75) is 180 Å². The molecule has 6 fully saturated rings. The van der Waals surface area contributed by atoms with E-state index in [0.717, 1.165) is 0 Å². The van der Waals surface area contributed by atoms with Crippen LogP contribution in [-0.4, -0.2) is 230 Å². The summed E-state index contributed by atoms with van der Waals surface area (Å²) in [5, 5.41) is 146. The molecular formula is C33H57O21+. The van der Waals surface area contributed by atoms with E-state index in [2.05, 4.69) is 0 Å². The Morgan fingerprint density at radius 1 is 0.537 bits per heavy atom. The molecule has 2 saturated carbocycles. The molecule has 0 bridgehead atoms. The van der Waals surface area contributed by atoms with Gasteiger partial charge in [-0.05, 0) is 26.2 Å². The highest BCUT2D eigenvalue weighted by molar-refractivity contribution is 5.00. The molecule has 21 heteroatoms. The first-order chi connectivity index (χ1) is 25.5. The van der Waals surface area contributed by atoms with Crippen molar-refractivity contribution in [3.05, 3.63) is 0 Å². The maximum Gasteiger partial charge on any atom is 0.187 e. The Bertz CT molecular complexity index is 1190. The molecule has 4 saturated heterocycles. The normalized spacial score (nSPS) is 55.9. The van der Waals surface area contributed by atoms with Crippen molar-refractivity contribution in [1.82, 2.24) is 0 Å². The molecule has 0 aromatic rings. The summed E-state index contributed by atoms with van der Waals surface area (Å²) >= 11 is 0. The lowest BCUT2D eigenvalue weighted by molar-refractivity contribution is -0.367. The minimum absolute atomic E-state index is 0.00837. The Labute approximate surface area is 309 Å². The van der Waals surface area contributed by atoms with Crippen LogP contribution in [0.3, 0.4) is 0 Å². The molecule has 54 heavy (non-hydrogen) atoms. The number of aliphatic hydroxyl groups is 16. The Morgan fingerprint density at radius 2 is 1.09 bits per heavy atom. The quantitative estimate of drug-likeness (QED) is 0.0965. The van der Waals surface area contributed by atoms with Gasteiger partial charge in [0.1, 0.15) is 79.4 Å². The Kier molecular flexibility index (Phi) is 13.9. The fraction of sp³-hybridized carbons (Fsp3) is 1.00. The van der Waals surface area contributed by atoms with E-state index in [9.17, 15) is 71.5 Å². The van der Waals surface area contributed by atoms with Crippen LogP contribution in [-0.2, 0) is 28.4 Å². The predicted molar refractivity (Wildman–Crippen MR) is 172 cm³/mol. The van der Waals surface area contributed by atoms with Crippen LogP contribution < -0.4 is 0 Å². The molecule has 21 nitrogen and oxygen atoms in total. The minimum Gasteiger partial charge on any atom is -0.427 e. The number of rotatable bonds is 9. The van der Waals surface area contributed by atoms with E-state index in [0.29, 0.717) is 0 Å². The molecule has 0 aromatic heterocycles. The number of ether oxygens (including phenoxy) is 7. The van der Waals surface area contributed by atoms with E-state index in [-0.39, 0.29) is 32.1 Å². The SMILES string of the molecule is C[C@@H]1O[C@@H](OC[C@H]2O[C@@H](OC3CC4C(O)CC(O[C@@H]5O[C@H](CO)[C@@H](O)[C@H](O)[C@H]5O)CC4[OH+]C3C3CC(O)C(O)C(O)C3)[C@H](O)[C@@H](O)[C@@H]2O)[C@H](O)[C@H](O)[C@H]1O. The van der Waals surface area contributed by atoms with E-state index in [1.54, 1.807) is 0 Å². The second kappa shape index (κ2) is 17.6. The average molecular weight is 790 g/mol. The third-order valence-electron chi connectivity index (χ3n) is 12.0. The maximum atomic E-state index is 11.4. The summed E-state index contributed by atoms with van der Waals surface area (Å²) in [5.41, 5.74) is 0. The van der Waals surface area contributed by atoms with Crippen LogP contribution in [0.2, 0.25) is 0 Å². The molecule has 4 aliphatic heterocycles. The van der Waals surface area contributed by atoms with Gasteiger partial charge in [0, 0.05) is 18.8 Å². The zero-order chi connectivity index (χ0) is 39.3. The summed E-state index contributed by atoms with van der Waals surface area (Å²) in [6, 6.07) is 0. The lowest BCUT2D eigenvalue weighted by atomic mass is 9.72. The Hall–Kier alpha value is -0.840. The van der Waals surface area contributed by atoms with E-state index in [1.807, 2.05) is 0 Å². The lowest BCUT2D eigenvalue weighted by Gasteiger charge is -2.49. The molecule has 8 unspecified atom stereocenters. The van der Waals surface area contributed by atoms with Crippen LogP contribution in [0.4, 0.5) is 0 Å². The summed E-state index contributed by atoms with van der Waals surface area (Å²) < 4.78 is 39.6. The number of hydrogen-bond acceptors (Lipinski definition) is 20. The average Bonchev–Trinajstić information content (AvgIpc) is 3.14. The second-order valence-electron chi connectivity index (χ2n) is 15.7. The number of aliphatic hydroxyl groups excluding tert-OH is 14. The maximum absolute atomic E-state index is 11.4. The van der Waals surface area contributed by atoms with Gasteiger partial charge in [-0.1, -0.05) is 0 Å². The zero-order valence-electron chi connectivity index (χ0n) is 29.5. The number of hydrogen-bond donors (Lipinski definition) is 14. The molecule has 15 N–H and O–H groups in total. The van der Waals surface area contributed by atoms with Crippen LogP contribution in [0.25, 0.3) is 0 Å². The molecule has 0 spiro atoms. The molecule has 2 aliphatic carbocycles. The van der Waals surface area contributed by atoms with Crippen molar-refractivity contribution in [2.24, 2.45) is 11.8 Å². The van der Waals surface area contributed by atoms with E-state index in [1.165, 1.54) is 6.92 Å². The molecule has 23 atom stereocenters. The van der Waals surface area contributed by atoms with Crippen molar-refractivity contribution in [1.29, 1.82) is 0 Å². The fourth-order valence-electron chi connectivity index (χ4n) is 8.70. The minimum atomic E-state index is -1.82. The van der Waals surface area contributed by atoms with Crippen molar-refractivity contribution >= 4 is 0 Å². The third kappa shape index (κ3) is 8.63. The van der Waals surface area contributed by atoms with Crippen molar-refractivity contribution in [3.8, 4) is 0 Å². The molecule has 6 rings (SSSR count). The first-order valence-electron chi connectivity index (χ1n) is 18.5. The van der Waals surface area contributed by atoms with Gasteiger partial charge in [-0.2, -0.15) is 0 Å². The largest absolute Gasteiger partial charge is 0.427 e. The molecule has 0 radical (unpaired) electrons. The standard InChI is InChI=1S/C33H56O21/c1-9-20(38)24(42)27(45)31(49-9)48-8-19-23(41)26(44)29(47)33(54-19)52-17-6-12-13(35)4-11(50-32-28(46)25(43)22(40)18(7-34)53-32)5-16(12)51-30(17)10-2-14(36)21(39)15(37)3-10/h9-47H,2-8H2,1H3/p+1/t9-,10?,11?,12?,13?,14?,15?,16?,17?,18+,19+,20-,21?,22+,23+,24+,25-,26-,27+,28+,29+,30?,31+,32+,33+/m0/s1. The molecule has 4 heterocycles. The van der Waals surface area contributed by atoms with Crippen LogP contribution in [0.1, 0.15) is 39.0 Å². The van der Waals surface area contributed by atoms with Crippen LogP contribution in [0.15, 0.2) is 0 Å². The van der Waals surface area contributed by atoms with Crippen molar-refractivity contribution in [2.75, 3.05) is 13.2 Å². The summed E-state index contributed by atoms with van der Waals surface area (Å²) in [6.45, 7) is 0.257. The van der Waals surface area contributed by atoms with Gasteiger partial charge in [-0.15, -0.1) is 0 Å². The summed E-state index contributed by atoms with van der Waals surface area (Å²) in [5.74, 6) is -1.17. The topological polar surface area (TPSA) is 351 Å². The highest BCUT2D eigenvalue weighted by Gasteiger charge is 2.57. The van der Waals surface area contributed by atoms with Gasteiger partial charge < -0.3 is 105 Å². The number of fused-ring (bicyclic) bond motifs is 1. The van der Waals surface area contributed by atoms with Gasteiger partial charge in [0.15, 0.2) is 31.1 Å². The first-order valence-corrected chi connectivity index (χ1v) is 18.5. The monoisotopic (exact) mass is 789 g/mol. The zero-order valence-corrected chi connectivity index (χ0v) is 29.5. The molecule has 0 amide bonds. The van der Waals surface area contributed by atoms with Gasteiger partial charge in [0.25, 0.3) is 0 Å². The van der Waals surface area contributed by atoms with Crippen molar-refractivity contribution in [3.63, 3.8) is 0 Å². The van der Waals surface area contributed by atoms with E-state index < -0.39 is 166 Å². The smallest absolute Gasteiger partial charge is 0.187 e. The lowest BCUT2D eigenvalue weighted by Crippen LogP contribution is -2.64. The van der Waals surface area contributed by atoms with E-state index >= 15 is 0 Å². The van der Waals surface area contributed by atoms with Gasteiger partial charge in [-0.25, -0.2) is 0 Å². The van der Waals surface area contributed by atoms with Crippen LogP contribution in [0.5, 0.6) is 0 Å². The predicted octanol–water partition coefficient (Wildman–Crippen LogP) is -7.86. The Balaban J connectivity index is 1.16. The fourth-order valence-corrected chi connectivity index (χ4v) is 8.70. The molecule has 314 valence electrons. The van der Waals surface area contributed by atoms with Crippen LogP contribution >= 0.6 is 0 Å². The van der Waals surface area contributed by atoms with Crippen molar-refractivity contribution < 1.29 is 105 Å². The summed E-state index contributed by atoms with van der Waals surface area (Å²) in [7, 11) is 0. The van der Waals surface area contributed by atoms with Gasteiger partial charge in [0.2, 0.25) is 0 Å². The van der Waals surface area contributed by atoms with Gasteiger partial charge >= 0.3 is 0 Å². The molecule has 0 aromatic carbocycles. The second-order valence-corrected chi connectivity index (χ2v) is 15.7. The van der Waals surface area contributed by atoms with Gasteiger partial charge in [-0.3, -0.25) is 0 Å². The Morgan fingerprint density at radius 3 is 1.72 bits per heavy atom. The molecule has 6 aliphatic rings. The summed E-state index contributed by atoms with van der Waals surface area (Å²) in [4.78, 5) is 0. The third-order valence-corrected chi connectivity index (χ3v) is 12.0. The highest BCUT2D eigenvalue weighted by Crippen LogP contribution is 2.43. The molecular weight excluding hydrogens is 732 g/mol. The van der Waals surface area contributed by atoms with E-state index in [4.69, 9.17) is 33.2 Å².